The van der Waals surface area contributed by atoms with Crippen molar-refractivity contribution in [2.45, 2.75) is 52.1 Å². The predicted octanol–water partition coefficient (Wildman–Crippen LogP) is 3.21. The maximum Gasteiger partial charge on any atom is 0.185 e. The Kier molecular flexibility index (Phi) is 10.3. The number of allylic oxidation sites excluding steroid dienone is 1. The van der Waals surface area contributed by atoms with Crippen molar-refractivity contribution in [3.8, 4) is 16.9 Å². The molecule has 1 aliphatic heterocycles. The van der Waals surface area contributed by atoms with Gasteiger partial charge in [0.1, 0.15) is 18.4 Å². The molecule has 0 bridgehead atoms. The Morgan fingerprint density at radius 3 is 2.00 bits per heavy atom. The molecular formula is C32H38ClNO2. The fourth-order valence-corrected chi connectivity index (χ4v) is 4.75. The highest BCUT2D eigenvalue weighted by Gasteiger charge is 2.17. The second-order valence-corrected chi connectivity index (χ2v) is 10.1. The Bertz CT molecular complexity index is 1110. The number of ketones is 1. The third-order valence-electron chi connectivity index (χ3n) is 6.86. The number of hydrogen-bond donors (Lipinski definition) is 1. The van der Waals surface area contributed by atoms with Crippen LogP contribution in [0.5, 0.6) is 5.75 Å². The molecule has 0 aromatic heterocycles. The van der Waals surface area contributed by atoms with Crippen LogP contribution in [0.15, 0.2) is 78.9 Å². The van der Waals surface area contributed by atoms with E-state index >= 15 is 0 Å². The summed E-state index contributed by atoms with van der Waals surface area (Å²) in [6.45, 7) is 10.1. The van der Waals surface area contributed by atoms with E-state index in [1.165, 1.54) is 37.9 Å². The molecule has 4 heteroatoms. The first-order valence-corrected chi connectivity index (χ1v) is 13.0. The molecule has 0 radical (unpaired) electrons. The molecular weight excluding hydrogens is 466 g/mol. The quantitative estimate of drug-likeness (QED) is 0.359. The van der Waals surface area contributed by atoms with Gasteiger partial charge in [0.05, 0.1) is 13.1 Å². The number of nitrogens with one attached hydrogen (secondary N) is 1. The Labute approximate surface area is 222 Å². The Morgan fingerprint density at radius 2 is 1.42 bits per heavy atom. The molecule has 1 saturated heterocycles. The van der Waals surface area contributed by atoms with Crippen molar-refractivity contribution < 1.29 is 26.8 Å². The molecule has 0 amide bonds. The van der Waals surface area contributed by atoms with Crippen LogP contribution in [0.3, 0.4) is 0 Å². The van der Waals surface area contributed by atoms with Crippen molar-refractivity contribution in [2.24, 2.45) is 0 Å². The van der Waals surface area contributed by atoms with Gasteiger partial charge in [-0.1, -0.05) is 80.6 Å². The van der Waals surface area contributed by atoms with E-state index in [0.29, 0.717) is 11.5 Å². The molecule has 4 rings (SSSR count). The summed E-state index contributed by atoms with van der Waals surface area (Å²) in [6, 6.07) is 24.5. The largest absolute Gasteiger partial charge is 1.00 e. The van der Waals surface area contributed by atoms with Gasteiger partial charge in [0, 0.05) is 5.56 Å². The van der Waals surface area contributed by atoms with Crippen LogP contribution in [0.1, 0.15) is 67.4 Å². The van der Waals surface area contributed by atoms with Gasteiger partial charge in [-0.05, 0) is 72.6 Å². The first-order chi connectivity index (χ1) is 17.0. The highest BCUT2D eigenvalue weighted by molar-refractivity contribution is 6.07. The van der Waals surface area contributed by atoms with Crippen LogP contribution < -0.4 is 22.0 Å². The number of ether oxygens (including phenoxy) is 1. The van der Waals surface area contributed by atoms with Crippen molar-refractivity contribution >= 4 is 11.9 Å². The minimum absolute atomic E-state index is 0. The molecule has 1 N–H and O–H groups in total. The molecule has 3 aromatic carbocycles. The number of likely N-dealkylation sites (tertiary alicyclic amines) is 1. The molecule has 36 heavy (non-hydrogen) atoms. The second kappa shape index (κ2) is 13.4. The van der Waals surface area contributed by atoms with Gasteiger partial charge in [0.2, 0.25) is 0 Å². The lowest BCUT2D eigenvalue weighted by Gasteiger charge is -2.26. The van der Waals surface area contributed by atoms with Gasteiger partial charge in [0.25, 0.3) is 0 Å². The molecule has 1 fully saturated rings. The lowest BCUT2D eigenvalue weighted by molar-refractivity contribution is -0.907. The third-order valence-corrected chi connectivity index (χ3v) is 6.86. The van der Waals surface area contributed by atoms with Gasteiger partial charge >= 0.3 is 0 Å². The molecule has 190 valence electrons. The summed E-state index contributed by atoms with van der Waals surface area (Å²) < 4.78 is 6.17. The number of hydrogen-bond acceptors (Lipinski definition) is 2. The van der Waals surface area contributed by atoms with E-state index in [9.17, 15) is 4.79 Å². The maximum atomic E-state index is 12.6. The number of halogens is 1. The van der Waals surface area contributed by atoms with E-state index in [4.69, 9.17) is 4.74 Å². The summed E-state index contributed by atoms with van der Waals surface area (Å²) in [5.41, 5.74) is 5.24. The van der Waals surface area contributed by atoms with Crippen molar-refractivity contribution in [3.63, 3.8) is 0 Å². The monoisotopic (exact) mass is 503 g/mol. The second-order valence-electron chi connectivity index (χ2n) is 10.1. The summed E-state index contributed by atoms with van der Waals surface area (Å²) in [4.78, 5) is 14.3. The number of carbonyl (C=O) groups is 1. The number of piperidine rings is 1. The molecule has 0 saturated carbocycles. The summed E-state index contributed by atoms with van der Waals surface area (Å²) in [5.74, 6) is 1.43. The number of carbonyl (C=O) groups excluding carboxylic acids is 1. The molecule has 3 nitrogen and oxygen atoms in total. The summed E-state index contributed by atoms with van der Waals surface area (Å²) in [7, 11) is 0. The molecule has 1 heterocycles. The molecule has 0 aliphatic carbocycles. The highest BCUT2D eigenvalue weighted by Crippen LogP contribution is 2.24. The minimum atomic E-state index is 0. The first kappa shape index (κ1) is 27.7. The lowest BCUT2D eigenvalue weighted by atomic mass is 10.0. The van der Waals surface area contributed by atoms with Crippen LogP contribution in [0.25, 0.3) is 17.2 Å². The van der Waals surface area contributed by atoms with Crippen molar-refractivity contribution in [1.29, 1.82) is 0 Å². The molecule has 1 aliphatic rings. The van der Waals surface area contributed by atoms with E-state index in [0.717, 1.165) is 29.0 Å². The molecule has 0 spiro atoms. The Balaban J connectivity index is 0.00000361. The highest BCUT2D eigenvalue weighted by atomic mass is 35.5. The Morgan fingerprint density at radius 1 is 0.833 bits per heavy atom. The van der Waals surface area contributed by atoms with E-state index in [-0.39, 0.29) is 24.3 Å². The maximum absolute atomic E-state index is 12.6. The van der Waals surface area contributed by atoms with Crippen LogP contribution in [-0.2, 0) is 0 Å². The fourth-order valence-electron chi connectivity index (χ4n) is 4.75. The van der Waals surface area contributed by atoms with Gasteiger partial charge in [-0.25, -0.2) is 0 Å². The molecule has 3 aromatic rings. The van der Waals surface area contributed by atoms with Gasteiger partial charge in [-0.3, -0.25) is 4.79 Å². The summed E-state index contributed by atoms with van der Waals surface area (Å²) >= 11 is 0. The standard InChI is InChI=1S/C32H37NO2.ClH/c1-24(2)27-10-7-26(8-11-27)9-20-32(34)30-14-12-28(13-15-30)29-16-18-31(19-17-29)35-25(3)23-33-21-5-4-6-22-33;/h7-20,24-25H,4-6,21-23H2,1-3H3;1H/b20-9+;. The zero-order valence-corrected chi connectivity index (χ0v) is 22.4. The van der Waals surface area contributed by atoms with Gasteiger partial charge in [0.15, 0.2) is 5.78 Å². The van der Waals surface area contributed by atoms with E-state index in [1.54, 1.807) is 11.0 Å². The van der Waals surface area contributed by atoms with Crippen LogP contribution in [0, 0.1) is 0 Å². The number of rotatable bonds is 9. The number of benzene rings is 3. The SMILES string of the molecule is CC(C[NH+]1CCCCC1)Oc1ccc(-c2ccc(C(=O)/C=C/c3ccc(C(C)C)cc3)cc2)cc1.[Cl-]. The molecule has 1 unspecified atom stereocenters. The van der Waals surface area contributed by atoms with Gasteiger partial charge in [-0.15, -0.1) is 0 Å². The van der Waals surface area contributed by atoms with Gasteiger partial charge in [-0.2, -0.15) is 0 Å². The van der Waals surface area contributed by atoms with Crippen LogP contribution in [0.4, 0.5) is 0 Å². The molecule has 1 atom stereocenters. The van der Waals surface area contributed by atoms with Crippen LogP contribution in [-0.4, -0.2) is 31.5 Å². The average molecular weight is 504 g/mol. The summed E-state index contributed by atoms with van der Waals surface area (Å²) in [5, 5.41) is 0. The first-order valence-electron chi connectivity index (χ1n) is 13.0. The van der Waals surface area contributed by atoms with E-state index in [1.807, 2.05) is 42.5 Å². The smallest absolute Gasteiger partial charge is 0.185 e. The van der Waals surface area contributed by atoms with Crippen LogP contribution >= 0.6 is 0 Å². The zero-order valence-electron chi connectivity index (χ0n) is 21.7. The van der Waals surface area contributed by atoms with E-state index < -0.39 is 0 Å². The Hall–Kier alpha value is -2.88. The normalized spacial score (nSPS) is 15.0. The summed E-state index contributed by atoms with van der Waals surface area (Å²) in [6.07, 6.45) is 7.79. The third kappa shape index (κ3) is 7.81. The predicted molar refractivity (Wildman–Crippen MR) is 145 cm³/mol. The van der Waals surface area contributed by atoms with Crippen molar-refractivity contribution in [1.82, 2.24) is 0 Å². The number of quaternary nitrogens is 1. The zero-order chi connectivity index (χ0) is 24.6. The van der Waals surface area contributed by atoms with Crippen molar-refractivity contribution in [3.05, 3.63) is 95.6 Å². The van der Waals surface area contributed by atoms with Crippen LogP contribution in [0.2, 0.25) is 0 Å². The average Bonchev–Trinajstić information content (AvgIpc) is 2.88. The lowest BCUT2D eigenvalue weighted by Crippen LogP contribution is -3.13. The van der Waals surface area contributed by atoms with E-state index in [2.05, 4.69) is 57.2 Å². The van der Waals surface area contributed by atoms with Crippen molar-refractivity contribution in [2.75, 3.05) is 19.6 Å². The topological polar surface area (TPSA) is 30.7 Å². The minimum Gasteiger partial charge on any atom is -1.00 e. The van der Waals surface area contributed by atoms with Gasteiger partial charge < -0.3 is 22.0 Å². The fraction of sp³-hybridized carbons (Fsp3) is 0.344.